The molecule has 0 aromatic heterocycles. The van der Waals surface area contributed by atoms with Gasteiger partial charge in [-0.3, -0.25) is 0 Å². The minimum Gasteiger partial charge on any atom is -0.371 e. The van der Waals surface area contributed by atoms with Crippen molar-refractivity contribution < 1.29 is 13.2 Å². The highest BCUT2D eigenvalue weighted by Gasteiger charge is 2.34. The number of halogens is 3. The van der Waals surface area contributed by atoms with E-state index in [0.717, 1.165) is 44.1 Å². The Morgan fingerprint density at radius 2 is 1.86 bits per heavy atom. The number of hydrogen-bond acceptors (Lipinski definition) is 2. The Morgan fingerprint density at radius 1 is 1.24 bits per heavy atom. The molecular formula is C16H23F3N2. The molecule has 21 heavy (non-hydrogen) atoms. The standard InChI is InChI=1S/C16H23F3N2/c1-3-15(2)6-8-21(9-7-15)13-4-5-14(16(17,18)19)12(10-13)11-20/h4-5,10H,3,6-9,11,20H2,1-2H3. The molecule has 118 valence electrons. The van der Waals surface area contributed by atoms with E-state index in [4.69, 9.17) is 5.73 Å². The molecule has 0 radical (unpaired) electrons. The van der Waals surface area contributed by atoms with Crippen LogP contribution in [0.15, 0.2) is 18.2 Å². The second kappa shape index (κ2) is 5.87. The summed E-state index contributed by atoms with van der Waals surface area (Å²) in [6.45, 7) is 6.16. The quantitative estimate of drug-likeness (QED) is 0.907. The number of rotatable bonds is 3. The fraction of sp³-hybridized carbons (Fsp3) is 0.625. The van der Waals surface area contributed by atoms with Gasteiger partial charge in [0.25, 0.3) is 0 Å². The van der Waals surface area contributed by atoms with E-state index in [1.54, 1.807) is 12.1 Å². The summed E-state index contributed by atoms with van der Waals surface area (Å²) in [5.41, 5.74) is 6.25. The van der Waals surface area contributed by atoms with Gasteiger partial charge in [0, 0.05) is 25.3 Å². The van der Waals surface area contributed by atoms with Crippen LogP contribution in [0.25, 0.3) is 0 Å². The molecule has 1 heterocycles. The van der Waals surface area contributed by atoms with Crippen molar-refractivity contribution in [2.75, 3.05) is 18.0 Å². The van der Waals surface area contributed by atoms with Crippen molar-refractivity contribution in [2.45, 2.75) is 45.8 Å². The Bertz CT molecular complexity index is 489. The predicted molar refractivity (Wildman–Crippen MR) is 79.2 cm³/mol. The smallest absolute Gasteiger partial charge is 0.371 e. The number of hydrogen-bond donors (Lipinski definition) is 1. The zero-order chi connectivity index (χ0) is 15.7. The van der Waals surface area contributed by atoms with Crippen molar-refractivity contribution in [3.8, 4) is 0 Å². The molecule has 1 fully saturated rings. The van der Waals surface area contributed by atoms with E-state index < -0.39 is 11.7 Å². The largest absolute Gasteiger partial charge is 0.416 e. The second-order valence-electron chi connectivity index (χ2n) is 6.19. The van der Waals surface area contributed by atoms with Gasteiger partial charge in [-0.25, -0.2) is 0 Å². The molecule has 0 atom stereocenters. The zero-order valence-electron chi connectivity index (χ0n) is 12.6. The third-order valence-corrected chi connectivity index (χ3v) is 4.80. The summed E-state index contributed by atoms with van der Waals surface area (Å²) < 4.78 is 38.7. The first-order valence-corrected chi connectivity index (χ1v) is 7.44. The third-order valence-electron chi connectivity index (χ3n) is 4.80. The summed E-state index contributed by atoms with van der Waals surface area (Å²) in [5.74, 6) is 0. The fourth-order valence-electron chi connectivity index (χ4n) is 2.88. The molecule has 2 nitrogen and oxygen atoms in total. The normalized spacial score (nSPS) is 18.9. The van der Waals surface area contributed by atoms with Crippen LogP contribution in [0.2, 0.25) is 0 Å². The lowest BCUT2D eigenvalue weighted by atomic mass is 9.78. The second-order valence-corrected chi connectivity index (χ2v) is 6.19. The number of nitrogens with zero attached hydrogens (tertiary/aromatic N) is 1. The van der Waals surface area contributed by atoms with E-state index in [0.29, 0.717) is 5.41 Å². The van der Waals surface area contributed by atoms with Crippen LogP contribution >= 0.6 is 0 Å². The molecule has 0 saturated carbocycles. The maximum Gasteiger partial charge on any atom is 0.416 e. The van der Waals surface area contributed by atoms with Gasteiger partial charge >= 0.3 is 6.18 Å². The summed E-state index contributed by atoms with van der Waals surface area (Å²) in [5, 5.41) is 0. The van der Waals surface area contributed by atoms with Crippen LogP contribution in [0.1, 0.15) is 44.2 Å². The average Bonchev–Trinajstić information content (AvgIpc) is 2.46. The van der Waals surface area contributed by atoms with Gasteiger partial charge in [-0.05, 0) is 42.0 Å². The Balaban J connectivity index is 2.19. The van der Waals surface area contributed by atoms with Gasteiger partial charge in [-0.15, -0.1) is 0 Å². The number of nitrogens with two attached hydrogens (primary N) is 1. The van der Waals surface area contributed by atoms with Crippen LogP contribution in [0.4, 0.5) is 18.9 Å². The highest BCUT2D eigenvalue weighted by atomic mass is 19.4. The first-order chi connectivity index (χ1) is 9.79. The minimum absolute atomic E-state index is 0.0940. The molecule has 1 aliphatic heterocycles. The minimum atomic E-state index is -4.34. The molecule has 1 saturated heterocycles. The fourth-order valence-corrected chi connectivity index (χ4v) is 2.88. The molecule has 0 spiro atoms. The molecule has 0 unspecified atom stereocenters. The number of alkyl halides is 3. The number of benzene rings is 1. The van der Waals surface area contributed by atoms with Crippen LogP contribution in [-0.2, 0) is 12.7 Å². The molecule has 0 amide bonds. The Kier molecular flexibility index (Phi) is 4.51. The lowest BCUT2D eigenvalue weighted by Crippen LogP contribution is -2.38. The monoisotopic (exact) mass is 300 g/mol. The van der Waals surface area contributed by atoms with Crippen LogP contribution < -0.4 is 10.6 Å². The van der Waals surface area contributed by atoms with Crippen molar-refractivity contribution in [1.82, 2.24) is 0 Å². The van der Waals surface area contributed by atoms with Crippen LogP contribution in [-0.4, -0.2) is 13.1 Å². The summed E-state index contributed by atoms with van der Waals surface area (Å²) in [6.07, 6.45) is -1.05. The van der Waals surface area contributed by atoms with Gasteiger partial charge in [0.2, 0.25) is 0 Å². The van der Waals surface area contributed by atoms with Crippen molar-refractivity contribution >= 4 is 5.69 Å². The van der Waals surface area contributed by atoms with Gasteiger partial charge in [0.05, 0.1) is 5.56 Å². The van der Waals surface area contributed by atoms with Gasteiger partial charge in [0.15, 0.2) is 0 Å². The SMILES string of the molecule is CCC1(C)CCN(c2ccc(C(F)(F)F)c(CN)c2)CC1. The highest BCUT2D eigenvalue weighted by molar-refractivity contribution is 5.52. The van der Waals surface area contributed by atoms with Crippen molar-refractivity contribution in [2.24, 2.45) is 11.1 Å². The highest BCUT2D eigenvalue weighted by Crippen LogP contribution is 2.37. The molecule has 2 rings (SSSR count). The molecule has 1 aromatic carbocycles. The van der Waals surface area contributed by atoms with Gasteiger partial charge in [0.1, 0.15) is 0 Å². The van der Waals surface area contributed by atoms with Crippen molar-refractivity contribution in [3.63, 3.8) is 0 Å². The maximum absolute atomic E-state index is 12.9. The Labute approximate surface area is 124 Å². The Morgan fingerprint density at radius 3 is 2.33 bits per heavy atom. The molecule has 0 aliphatic carbocycles. The van der Waals surface area contributed by atoms with E-state index in [-0.39, 0.29) is 12.1 Å². The molecule has 1 aliphatic rings. The zero-order valence-corrected chi connectivity index (χ0v) is 12.6. The molecule has 2 N–H and O–H groups in total. The topological polar surface area (TPSA) is 29.3 Å². The average molecular weight is 300 g/mol. The van der Waals surface area contributed by atoms with E-state index in [1.807, 2.05) is 0 Å². The lowest BCUT2D eigenvalue weighted by molar-refractivity contribution is -0.138. The lowest BCUT2D eigenvalue weighted by Gasteiger charge is -2.40. The molecule has 5 heteroatoms. The van der Waals surface area contributed by atoms with Gasteiger partial charge in [-0.2, -0.15) is 13.2 Å². The Hall–Kier alpha value is -1.23. The van der Waals surface area contributed by atoms with Gasteiger partial charge < -0.3 is 10.6 Å². The summed E-state index contributed by atoms with van der Waals surface area (Å²) in [6, 6.07) is 4.32. The van der Waals surface area contributed by atoms with Crippen LogP contribution in [0, 0.1) is 5.41 Å². The summed E-state index contributed by atoms with van der Waals surface area (Å²) >= 11 is 0. The van der Waals surface area contributed by atoms with Crippen molar-refractivity contribution in [3.05, 3.63) is 29.3 Å². The number of piperidine rings is 1. The first kappa shape index (κ1) is 16.1. The maximum atomic E-state index is 12.9. The molecule has 1 aromatic rings. The van der Waals surface area contributed by atoms with E-state index in [2.05, 4.69) is 18.7 Å². The predicted octanol–water partition coefficient (Wildman–Crippen LogP) is 4.18. The number of anilines is 1. The van der Waals surface area contributed by atoms with E-state index in [1.165, 1.54) is 0 Å². The van der Waals surface area contributed by atoms with Crippen LogP contribution in [0.3, 0.4) is 0 Å². The molecule has 0 bridgehead atoms. The third kappa shape index (κ3) is 3.51. The van der Waals surface area contributed by atoms with Gasteiger partial charge in [-0.1, -0.05) is 20.3 Å². The van der Waals surface area contributed by atoms with Crippen LogP contribution in [0.5, 0.6) is 0 Å². The van der Waals surface area contributed by atoms with E-state index >= 15 is 0 Å². The summed E-state index contributed by atoms with van der Waals surface area (Å²) in [4.78, 5) is 2.16. The first-order valence-electron chi connectivity index (χ1n) is 7.44. The van der Waals surface area contributed by atoms with Crippen molar-refractivity contribution in [1.29, 1.82) is 0 Å². The molecular weight excluding hydrogens is 277 g/mol. The van der Waals surface area contributed by atoms with E-state index in [9.17, 15) is 13.2 Å². The summed E-state index contributed by atoms with van der Waals surface area (Å²) in [7, 11) is 0.